The van der Waals surface area contributed by atoms with Gasteiger partial charge in [-0.15, -0.1) is 0 Å². The van der Waals surface area contributed by atoms with E-state index < -0.39 is 0 Å². The first-order valence-corrected chi connectivity index (χ1v) is 5.13. The maximum absolute atomic E-state index is 4.14. The lowest BCUT2D eigenvalue weighted by Gasteiger charge is -2.03. The van der Waals surface area contributed by atoms with Crippen molar-refractivity contribution in [1.82, 2.24) is 19.7 Å². The summed E-state index contributed by atoms with van der Waals surface area (Å²) in [6, 6.07) is 4.07. The van der Waals surface area contributed by atoms with Crippen molar-refractivity contribution in [1.29, 1.82) is 0 Å². The highest BCUT2D eigenvalue weighted by Gasteiger charge is 1.94. The summed E-state index contributed by atoms with van der Waals surface area (Å²) in [6.07, 6.45) is 7.97. The molecule has 2 aromatic heterocycles. The van der Waals surface area contributed by atoms with Crippen molar-refractivity contribution in [2.24, 2.45) is 7.05 Å². The van der Waals surface area contributed by atoms with E-state index in [0.717, 1.165) is 19.6 Å². The van der Waals surface area contributed by atoms with E-state index in [-0.39, 0.29) is 0 Å². The first-order chi connectivity index (χ1) is 7.34. The Morgan fingerprint density at radius 3 is 3.00 bits per heavy atom. The minimum Gasteiger partial charge on any atom is -0.357 e. The molecule has 0 atom stereocenters. The predicted molar refractivity (Wildman–Crippen MR) is 59.3 cm³/mol. The molecule has 0 aliphatic carbocycles. The van der Waals surface area contributed by atoms with Gasteiger partial charge in [0.15, 0.2) is 0 Å². The number of hydrogen-bond acceptors (Lipinski definition) is 2. The van der Waals surface area contributed by atoms with Crippen LogP contribution in [-0.4, -0.2) is 20.9 Å². The summed E-state index contributed by atoms with van der Waals surface area (Å²) in [5.74, 6) is 0. The van der Waals surface area contributed by atoms with Crippen molar-refractivity contribution >= 4 is 0 Å². The van der Waals surface area contributed by atoms with E-state index in [0.29, 0.717) is 0 Å². The monoisotopic (exact) mass is 204 g/mol. The molecule has 0 aliphatic rings. The van der Waals surface area contributed by atoms with Crippen LogP contribution >= 0.6 is 0 Å². The zero-order chi connectivity index (χ0) is 10.5. The number of nitrogens with zero attached hydrogens (tertiary/aromatic N) is 3. The van der Waals surface area contributed by atoms with Crippen molar-refractivity contribution in [3.05, 3.63) is 42.5 Å². The van der Waals surface area contributed by atoms with Crippen LogP contribution in [0.2, 0.25) is 0 Å². The molecule has 2 heterocycles. The largest absolute Gasteiger partial charge is 0.357 e. The highest BCUT2D eigenvalue weighted by atomic mass is 15.3. The number of nitrogens with one attached hydrogen (secondary N) is 1. The van der Waals surface area contributed by atoms with Crippen LogP contribution in [0.1, 0.15) is 5.56 Å². The minimum atomic E-state index is 0.917. The van der Waals surface area contributed by atoms with E-state index in [1.165, 1.54) is 5.56 Å². The van der Waals surface area contributed by atoms with E-state index in [2.05, 4.69) is 33.4 Å². The van der Waals surface area contributed by atoms with Crippen LogP contribution < -0.4 is 5.32 Å². The standard InChI is InChI=1S/C11H16N4/c1-14-7-3-11(10-14)9-12-5-8-15-6-2-4-13-15/h2-4,6-7,10,12H,5,8-9H2,1H3. The second kappa shape index (κ2) is 4.79. The fourth-order valence-electron chi connectivity index (χ4n) is 1.52. The molecule has 0 aliphatic heterocycles. The molecular weight excluding hydrogens is 188 g/mol. The third-order valence-corrected chi connectivity index (χ3v) is 2.30. The van der Waals surface area contributed by atoms with Crippen molar-refractivity contribution in [3.63, 3.8) is 0 Å². The first-order valence-electron chi connectivity index (χ1n) is 5.13. The van der Waals surface area contributed by atoms with E-state index in [4.69, 9.17) is 0 Å². The molecule has 4 nitrogen and oxygen atoms in total. The summed E-state index contributed by atoms with van der Waals surface area (Å²) in [7, 11) is 2.03. The Morgan fingerprint density at radius 2 is 2.33 bits per heavy atom. The van der Waals surface area contributed by atoms with Crippen LogP contribution in [-0.2, 0) is 20.1 Å². The molecule has 0 saturated heterocycles. The van der Waals surface area contributed by atoms with Crippen molar-refractivity contribution in [3.8, 4) is 0 Å². The van der Waals surface area contributed by atoms with Crippen molar-refractivity contribution < 1.29 is 0 Å². The van der Waals surface area contributed by atoms with Gasteiger partial charge in [-0.3, -0.25) is 4.68 Å². The first kappa shape index (κ1) is 9.98. The van der Waals surface area contributed by atoms with Crippen LogP contribution in [0.3, 0.4) is 0 Å². The SMILES string of the molecule is Cn1ccc(CNCCn2cccn2)c1. The lowest BCUT2D eigenvalue weighted by atomic mass is 10.3. The molecule has 2 aromatic rings. The fourth-order valence-corrected chi connectivity index (χ4v) is 1.52. The van der Waals surface area contributed by atoms with Crippen LogP contribution in [0.5, 0.6) is 0 Å². The summed E-state index contributed by atoms with van der Waals surface area (Å²) >= 11 is 0. The molecule has 0 fully saturated rings. The Balaban J connectivity index is 1.67. The number of hydrogen-bond donors (Lipinski definition) is 1. The Hall–Kier alpha value is -1.55. The lowest BCUT2D eigenvalue weighted by molar-refractivity contribution is 0.555. The van der Waals surface area contributed by atoms with Gasteiger partial charge in [0.1, 0.15) is 0 Å². The molecular formula is C11H16N4. The molecule has 0 aromatic carbocycles. The molecule has 0 spiro atoms. The molecule has 0 amide bonds. The summed E-state index contributed by atoms with van der Waals surface area (Å²) in [4.78, 5) is 0. The molecule has 0 saturated carbocycles. The van der Waals surface area contributed by atoms with Gasteiger partial charge in [0.25, 0.3) is 0 Å². The van der Waals surface area contributed by atoms with Gasteiger partial charge in [0.05, 0.1) is 6.54 Å². The Bertz CT molecular complexity index is 388. The summed E-state index contributed by atoms with van der Waals surface area (Å²) in [5, 5.41) is 7.52. The summed E-state index contributed by atoms with van der Waals surface area (Å²) in [6.45, 7) is 2.78. The highest BCUT2D eigenvalue weighted by Crippen LogP contribution is 1.97. The van der Waals surface area contributed by atoms with Gasteiger partial charge in [-0.25, -0.2) is 0 Å². The van der Waals surface area contributed by atoms with Gasteiger partial charge >= 0.3 is 0 Å². The fraction of sp³-hybridized carbons (Fsp3) is 0.364. The number of aromatic nitrogens is 3. The average Bonchev–Trinajstić information content (AvgIpc) is 2.84. The molecule has 0 bridgehead atoms. The molecule has 1 N–H and O–H groups in total. The van der Waals surface area contributed by atoms with Gasteiger partial charge in [-0.1, -0.05) is 0 Å². The normalized spacial score (nSPS) is 10.7. The Labute approximate surface area is 89.5 Å². The average molecular weight is 204 g/mol. The molecule has 80 valence electrons. The number of aryl methyl sites for hydroxylation is 1. The van der Waals surface area contributed by atoms with Gasteiger partial charge in [-0.2, -0.15) is 5.10 Å². The van der Waals surface area contributed by atoms with Gasteiger partial charge in [-0.05, 0) is 17.7 Å². The minimum absolute atomic E-state index is 0.917. The third-order valence-electron chi connectivity index (χ3n) is 2.30. The second-order valence-electron chi connectivity index (χ2n) is 3.63. The smallest absolute Gasteiger partial charge is 0.0534 e. The quantitative estimate of drug-likeness (QED) is 0.738. The van der Waals surface area contributed by atoms with Gasteiger partial charge in [0.2, 0.25) is 0 Å². The molecule has 4 heteroatoms. The van der Waals surface area contributed by atoms with E-state index in [1.54, 1.807) is 6.20 Å². The zero-order valence-corrected chi connectivity index (χ0v) is 8.93. The second-order valence-corrected chi connectivity index (χ2v) is 3.63. The van der Waals surface area contributed by atoms with Crippen LogP contribution in [0.15, 0.2) is 36.9 Å². The van der Waals surface area contributed by atoms with Gasteiger partial charge in [0, 0.05) is 44.9 Å². The van der Waals surface area contributed by atoms with E-state index in [9.17, 15) is 0 Å². The number of rotatable bonds is 5. The third kappa shape index (κ3) is 2.95. The zero-order valence-electron chi connectivity index (χ0n) is 8.93. The van der Waals surface area contributed by atoms with E-state index in [1.807, 2.05) is 24.0 Å². The molecule has 2 rings (SSSR count). The Kier molecular flexibility index (Phi) is 3.19. The highest BCUT2D eigenvalue weighted by molar-refractivity contribution is 5.09. The molecule has 0 radical (unpaired) electrons. The van der Waals surface area contributed by atoms with E-state index >= 15 is 0 Å². The van der Waals surface area contributed by atoms with Crippen LogP contribution in [0.4, 0.5) is 0 Å². The van der Waals surface area contributed by atoms with Crippen molar-refractivity contribution in [2.75, 3.05) is 6.54 Å². The summed E-state index contributed by atoms with van der Waals surface area (Å²) < 4.78 is 3.99. The predicted octanol–water partition coefficient (Wildman–Crippen LogP) is 1.01. The lowest BCUT2D eigenvalue weighted by Crippen LogP contribution is -2.19. The van der Waals surface area contributed by atoms with Crippen LogP contribution in [0.25, 0.3) is 0 Å². The topological polar surface area (TPSA) is 34.8 Å². The summed E-state index contributed by atoms with van der Waals surface area (Å²) in [5.41, 5.74) is 1.32. The maximum atomic E-state index is 4.14. The Morgan fingerprint density at radius 1 is 1.40 bits per heavy atom. The van der Waals surface area contributed by atoms with Crippen LogP contribution in [0, 0.1) is 0 Å². The van der Waals surface area contributed by atoms with Crippen molar-refractivity contribution in [2.45, 2.75) is 13.1 Å². The van der Waals surface area contributed by atoms with Gasteiger partial charge < -0.3 is 9.88 Å². The maximum Gasteiger partial charge on any atom is 0.0534 e. The molecule has 15 heavy (non-hydrogen) atoms. The molecule has 0 unspecified atom stereocenters.